The molecule has 0 spiro atoms. The lowest BCUT2D eigenvalue weighted by Gasteiger charge is -2.25. The van der Waals surface area contributed by atoms with Crippen LogP contribution in [0, 0.1) is 11.6 Å². The van der Waals surface area contributed by atoms with Crippen LogP contribution < -0.4 is 0 Å². The highest BCUT2D eigenvalue weighted by atomic mass is 32.2. The largest absolute Gasteiger partial charge is 0.383 e. The number of rotatable bonds is 5. The first-order chi connectivity index (χ1) is 11.3. The van der Waals surface area contributed by atoms with Crippen LogP contribution in [-0.4, -0.2) is 62.4 Å². The number of hydrogen-bond donors (Lipinski definition) is 0. The Morgan fingerprint density at radius 2 is 1.88 bits per heavy atom. The number of hydrogen-bond acceptors (Lipinski definition) is 4. The fourth-order valence-electron chi connectivity index (χ4n) is 3.48. The normalized spacial score (nSPS) is 24.6. The van der Waals surface area contributed by atoms with Crippen molar-refractivity contribution in [1.82, 2.24) is 9.21 Å². The number of fused-ring (bicyclic) bond motifs is 1. The molecule has 9 heteroatoms. The summed E-state index contributed by atoms with van der Waals surface area (Å²) in [5.74, 6) is -2.03. The van der Waals surface area contributed by atoms with Crippen molar-refractivity contribution in [2.75, 3.05) is 26.8 Å². The van der Waals surface area contributed by atoms with Crippen LogP contribution in [0.25, 0.3) is 0 Å². The van der Waals surface area contributed by atoms with Crippen LogP contribution in [0.3, 0.4) is 0 Å². The monoisotopic (exact) mass is 360 g/mol. The molecule has 6 nitrogen and oxygen atoms in total. The van der Waals surface area contributed by atoms with E-state index in [1.54, 1.807) is 4.90 Å². The van der Waals surface area contributed by atoms with Crippen molar-refractivity contribution >= 4 is 15.9 Å². The Balaban J connectivity index is 1.87. The smallest absolute Gasteiger partial charge is 0.243 e. The van der Waals surface area contributed by atoms with Gasteiger partial charge in [0.2, 0.25) is 15.9 Å². The standard InChI is InChI=1S/C15H18F2N2O4S/c1-23-5-4-18-13-2-3-19(14(13)9-15(18)20)24(21,22)12-7-10(16)6-11(17)8-12/h6-8,13-14H,2-5,9H2,1H3/t13-,14-/m1/s1. The third-order valence-corrected chi connectivity index (χ3v) is 6.44. The number of methoxy groups -OCH3 is 1. The number of nitrogens with zero attached hydrogens (tertiary/aromatic N) is 2. The molecule has 3 rings (SSSR count). The molecule has 24 heavy (non-hydrogen) atoms. The van der Waals surface area contributed by atoms with Gasteiger partial charge in [-0.3, -0.25) is 4.79 Å². The summed E-state index contributed by atoms with van der Waals surface area (Å²) in [6.07, 6.45) is 0.572. The maximum absolute atomic E-state index is 13.4. The molecule has 2 atom stereocenters. The minimum atomic E-state index is -4.06. The summed E-state index contributed by atoms with van der Waals surface area (Å²) >= 11 is 0. The quantitative estimate of drug-likeness (QED) is 0.785. The zero-order chi connectivity index (χ0) is 17.5. The number of sulfonamides is 1. The van der Waals surface area contributed by atoms with Gasteiger partial charge in [-0.05, 0) is 18.6 Å². The maximum Gasteiger partial charge on any atom is 0.243 e. The molecule has 0 unspecified atom stereocenters. The fraction of sp³-hybridized carbons (Fsp3) is 0.533. The summed E-state index contributed by atoms with van der Waals surface area (Å²) < 4.78 is 58.4. The molecule has 0 N–H and O–H groups in total. The number of benzene rings is 1. The first-order valence-corrected chi connectivity index (χ1v) is 9.05. The lowest BCUT2D eigenvalue weighted by Crippen LogP contribution is -2.40. The van der Waals surface area contributed by atoms with Gasteiger partial charge in [0.05, 0.1) is 23.6 Å². The summed E-state index contributed by atoms with van der Waals surface area (Å²) in [5, 5.41) is 0. The number of amides is 1. The van der Waals surface area contributed by atoms with Gasteiger partial charge < -0.3 is 9.64 Å². The predicted molar refractivity (Wildman–Crippen MR) is 80.6 cm³/mol. The third kappa shape index (κ3) is 2.91. The average molecular weight is 360 g/mol. The second kappa shape index (κ2) is 6.38. The molecule has 2 saturated heterocycles. The van der Waals surface area contributed by atoms with Gasteiger partial charge in [0.1, 0.15) is 11.6 Å². The summed E-state index contributed by atoms with van der Waals surface area (Å²) in [6.45, 7) is 0.988. The Morgan fingerprint density at radius 3 is 2.50 bits per heavy atom. The Hall–Kier alpha value is -1.58. The Bertz CT molecular complexity index is 736. The van der Waals surface area contributed by atoms with Crippen LogP contribution in [0.15, 0.2) is 23.1 Å². The second-order valence-corrected chi connectivity index (χ2v) is 7.82. The Morgan fingerprint density at radius 1 is 1.21 bits per heavy atom. The molecule has 1 aromatic carbocycles. The molecule has 0 aliphatic carbocycles. The van der Waals surface area contributed by atoms with E-state index in [-0.39, 0.29) is 24.9 Å². The maximum atomic E-state index is 13.4. The zero-order valence-electron chi connectivity index (χ0n) is 13.1. The van der Waals surface area contributed by atoms with E-state index in [0.29, 0.717) is 25.6 Å². The lowest BCUT2D eigenvalue weighted by atomic mass is 10.1. The first-order valence-electron chi connectivity index (χ1n) is 7.61. The molecule has 2 aliphatic rings. The molecule has 0 bridgehead atoms. The van der Waals surface area contributed by atoms with E-state index >= 15 is 0 Å². The molecule has 2 aliphatic heterocycles. The molecular formula is C15H18F2N2O4S. The van der Waals surface area contributed by atoms with Gasteiger partial charge in [-0.1, -0.05) is 0 Å². The molecule has 2 heterocycles. The van der Waals surface area contributed by atoms with Gasteiger partial charge in [-0.15, -0.1) is 0 Å². The van der Waals surface area contributed by atoms with E-state index in [4.69, 9.17) is 4.74 Å². The number of carbonyl (C=O) groups excluding carboxylic acids is 1. The van der Waals surface area contributed by atoms with Crippen LogP contribution in [0.4, 0.5) is 8.78 Å². The van der Waals surface area contributed by atoms with Crippen LogP contribution in [0.1, 0.15) is 12.8 Å². The van der Waals surface area contributed by atoms with Crippen molar-refractivity contribution in [3.8, 4) is 0 Å². The van der Waals surface area contributed by atoms with Crippen molar-refractivity contribution < 1.29 is 26.7 Å². The fourth-order valence-corrected chi connectivity index (χ4v) is 5.19. The number of carbonyl (C=O) groups is 1. The van der Waals surface area contributed by atoms with Gasteiger partial charge in [0, 0.05) is 32.7 Å². The number of halogens is 2. The number of likely N-dealkylation sites (tertiary alicyclic amines) is 1. The van der Waals surface area contributed by atoms with Crippen LogP contribution in [-0.2, 0) is 19.6 Å². The highest BCUT2D eigenvalue weighted by molar-refractivity contribution is 7.89. The van der Waals surface area contributed by atoms with Crippen molar-refractivity contribution in [2.24, 2.45) is 0 Å². The van der Waals surface area contributed by atoms with Crippen molar-refractivity contribution in [3.63, 3.8) is 0 Å². The molecule has 1 aromatic rings. The molecule has 1 amide bonds. The van der Waals surface area contributed by atoms with Gasteiger partial charge >= 0.3 is 0 Å². The Labute approximate surface area is 139 Å². The van der Waals surface area contributed by atoms with Crippen molar-refractivity contribution in [1.29, 1.82) is 0 Å². The summed E-state index contributed by atoms with van der Waals surface area (Å²) in [4.78, 5) is 13.3. The summed E-state index contributed by atoms with van der Waals surface area (Å²) in [5.41, 5.74) is 0. The van der Waals surface area contributed by atoms with E-state index < -0.39 is 32.6 Å². The third-order valence-electron chi connectivity index (χ3n) is 4.54. The van der Waals surface area contributed by atoms with E-state index in [1.165, 1.54) is 11.4 Å². The van der Waals surface area contributed by atoms with Crippen LogP contribution >= 0.6 is 0 Å². The minimum absolute atomic E-state index is 0.0748. The summed E-state index contributed by atoms with van der Waals surface area (Å²) in [6, 6.07) is 1.49. The average Bonchev–Trinajstić information content (AvgIpc) is 3.03. The topological polar surface area (TPSA) is 66.9 Å². The van der Waals surface area contributed by atoms with Crippen LogP contribution in [0.5, 0.6) is 0 Å². The number of ether oxygens (including phenoxy) is 1. The SMILES string of the molecule is COCCN1C(=O)C[C@@H]2[C@H]1CCN2S(=O)(=O)c1cc(F)cc(F)c1. The second-order valence-electron chi connectivity index (χ2n) is 5.93. The van der Waals surface area contributed by atoms with E-state index in [0.717, 1.165) is 12.1 Å². The molecular weight excluding hydrogens is 342 g/mol. The lowest BCUT2D eigenvalue weighted by molar-refractivity contribution is -0.129. The molecule has 0 aromatic heterocycles. The highest BCUT2D eigenvalue weighted by Gasteiger charge is 2.50. The predicted octanol–water partition coefficient (Wildman–Crippen LogP) is 0.975. The minimum Gasteiger partial charge on any atom is -0.383 e. The van der Waals surface area contributed by atoms with Crippen molar-refractivity contribution in [2.45, 2.75) is 29.8 Å². The molecule has 0 saturated carbocycles. The van der Waals surface area contributed by atoms with Gasteiger partial charge in [-0.2, -0.15) is 4.31 Å². The molecule has 2 fully saturated rings. The van der Waals surface area contributed by atoms with Gasteiger partial charge in [-0.25, -0.2) is 17.2 Å². The summed E-state index contributed by atoms with van der Waals surface area (Å²) in [7, 11) is -2.53. The highest BCUT2D eigenvalue weighted by Crippen LogP contribution is 2.36. The van der Waals surface area contributed by atoms with Crippen LogP contribution in [0.2, 0.25) is 0 Å². The van der Waals surface area contributed by atoms with E-state index in [2.05, 4.69) is 0 Å². The molecule has 0 radical (unpaired) electrons. The molecule has 132 valence electrons. The van der Waals surface area contributed by atoms with Gasteiger partial charge in [0.15, 0.2) is 0 Å². The van der Waals surface area contributed by atoms with Gasteiger partial charge in [0.25, 0.3) is 0 Å². The van der Waals surface area contributed by atoms with E-state index in [1.807, 2.05) is 0 Å². The first kappa shape index (κ1) is 17.2. The Kier molecular flexibility index (Phi) is 4.58. The van der Waals surface area contributed by atoms with Crippen molar-refractivity contribution in [3.05, 3.63) is 29.8 Å². The zero-order valence-corrected chi connectivity index (χ0v) is 13.9. The van der Waals surface area contributed by atoms with E-state index in [9.17, 15) is 22.0 Å².